The van der Waals surface area contributed by atoms with Gasteiger partial charge in [0.05, 0.1) is 16.7 Å². The second-order valence-electron chi connectivity index (χ2n) is 7.94. The number of anilines is 2. The van der Waals surface area contributed by atoms with E-state index in [4.69, 9.17) is 0 Å². The number of amides is 2. The summed E-state index contributed by atoms with van der Waals surface area (Å²) in [6, 6.07) is 15.2. The van der Waals surface area contributed by atoms with Gasteiger partial charge in [0.15, 0.2) is 0 Å². The van der Waals surface area contributed by atoms with Crippen LogP contribution in [0, 0.1) is 18.6 Å². The smallest absolute Gasteiger partial charge is 0.278 e. The Kier molecular flexibility index (Phi) is 6.68. The van der Waals surface area contributed by atoms with E-state index in [1.807, 2.05) is 6.92 Å². The molecular formula is C26H22F2N4O3. The summed E-state index contributed by atoms with van der Waals surface area (Å²) < 4.78 is 29.2. The van der Waals surface area contributed by atoms with Crippen LogP contribution in [0.5, 0.6) is 0 Å². The maximum atomic E-state index is 14.0. The minimum absolute atomic E-state index is 0.0312. The van der Waals surface area contributed by atoms with Crippen molar-refractivity contribution >= 4 is 34.2 Å². The Morgan fingerprint density at radius 2 is 1.66 bits per heavy atom. The molecule has 3 aromatic carbocycles. The molecule has 0 saturated carbocycles. The number of fused-ring (bicyclic) bond motifs is 1. The molecule has 0 aliphatic heterocycles. The number of hydrogen-bond donors (Lipinski definition) is 2. The van der Waals surface area contributed by atoms with Gasteiger partial charge in [-0.05, 0) is 43.3 Å². The monoisotopic (exact) mass is 476 g/mol. The average molecular weight is 476 g/mol. The van der Waals surface area contributed by atoms with Crippen LogP contribution < -0.4 is 16.2 Å². The highest BCUT2D eigenvalue weighted by molar-refractivity contribution is 5.96. The van der Waals surface area contributed by atoms with Gasteiger partial charge in [0.1, 0.15) is 29.6 Å². The van der Waals surface area contributed by atoms with E-state index in [0.717, 1.165) is 17.7 Å². The Morgan fingerprint density at radius 1 is 0.943 bits per heavy atom. The molecule has 35 heavy (non-hydrogen) atoms. The number of nitrogens with one attached hydrogen (secondary N) is 2. The van der Waals surface area contributed by atoms with Crippen LogP contribution in [0.25, 0.3) is 22.3 Å². The van der Waals surface area contributed by atoms with Gasteiger partial charge in [0.25, 0.3) is 5.56 Å². The zero-order valence-corrected chi connectivity index (χ0v) is 19.1. The van der Waals surface area contributed by atoms with Crippen LogP contribution in [0.2, 0.25) is 0 Å². The lowest BCUT2D eigenvalue weighted by molar-refractivity contribution is -0.117. The molecule has 0 aliphatic carbocycles. The van der Waals surface area contributed by atoms with Crippen molar-refractivity contribution in [2.75, 3.05) is 10.6 Å². The molecule has 0 atom stereocenters. The zero-order chi connectivity index (χ0) is 25.1. The van der Waals surface area contributed by atoms with Crippen molar-refractivity contribution in [3.63, 3.8) is 0 Å². The van der Waals surface area contributed by atoms with E-state index < -0.39 is 35.3 Å². The van der Waals surface area contributed by atoms with Crippen LogP contribution in [0.3, 0.4) is 0 Å². The molecule has 0 spiro atoms. The van der Waals surface area contributed by atoms with Gasteiger partial charge in [-0.2, -0.15) is 0 Å². The number of rotatable bonds is 6. The molecule has 4 rings (SSSR count). The highest BCUT2D eigenvalue weighted by atomic mass is 19.1. The number of halogens is 2. The summed E-state index contributed by atoms with van der Waals surface area (Å²) in [6.45, 7) is 3.04. The minimum Gasteiger partial charge on any atom is -0.325 e. The number of carbonyl (C=O) groups is 2. The maximum absolute atomic E-state index is 14.0. The van der Waals surface area contributed by atoms with Crippen LogP contribution in [0.1, 0.15) is 18.9 Å². The maximum Gasteiger partial charge on any atom is 0.278 e. The van der Waals surface area contributed by atoms with Crippen molar-refractivity contribution in [2.45, 2.75) is 26.8 Å². The van der Waals surface area contributed by atoms with Crippen LogP contribution in [-0.4, -0.2) is 21.4 Å². The number of para-hydroxylation sites is 3. The third kappa shape index (κ3) is 4.93. The predicted octanol–water partition coefficient (Wildman–Crippen LogP) is 4.64. The third-order valence-electron chi connectivity index (χ3n) is 5.41. The van der Waals surface area contributed by atoms with E-state index in [2.05, 4.69) is 15.6 Å². The SMILES string of the molecule is CCC(=O)Nc1ccc(C)cc1-c1nc2ccccc2n(CC(=O)Nc2c(F)cccc2F)c1=O. The molecule has 0 radical (unpaired) electrons. The largest absolute Gasteiger partial charge is 0.325 e. The Labute approximate surface area is 199 Å². The fraction of sp³-hybridized carbons (Fsp3) is 0.154. The highest BCUT2D eigenvalue weighted by Gasteiger charge is 2.19. The Balaban J connectivity index is 1.83. The first-order valence-corrected chi connectivity index (χ1v) is 10.9. The lowest BCUT2D eigenvalue weighted by atomic mass is 10.1. The Hall–Kier alpha value is -4.40. The first-order valence-electron chi connectivity index (χ1n) is 10.9. The van der Waals surface area contributed by atoms with Gasteiger partial charge in [0.2, 0.25) is 11.8 Å². The number of aromatic nitrogens is 2. The van der Waals surface area contributed by atoms with Gasteiger partial charge >= 0.3 is 0 Å². The van der Waals surface area contributed by atoms with E-state index in [1.54, 1.807) is 49.4 Å². The second-order valence-corrected chi connectivity index (χ2v) is 7.94. The molecule has 9 heteroatoms. The lowest BCUT2D eigenvalue weighted by Crippen LogP contribution is -2.30. The van der Waals surface area contributed by atoms with Crippen molar-refractivity contribution in [2.24, 2.45) is 0 Å². The number of hydrogen-bond acceptors (Lipinski definition) is 4. The molecule has 2 amide bonds. The van der Waals surface area contributed by atoms with Gasteiger partial charge < -0.3 is 10.6 Å². The number of carbonyl (C=O) groups excluding carboxylic acids is 2. The van der Waals surface area contributed by atoms with Crippen LogP contribution >= 0.6 is 0 Å². The van der Waals surface area contributed by atoms with Crippen LogP contribution in [-0.2, 0) is 16.1 Å². The quantitative estimate of drug-likeness (QED) is 0.424. The molecule has 0 aliphatic rings. The number of nitrogens with zero attached hydrogens (tertiary/aromatic N) is 2. The molecule has 4 aromatic rings. The summed E-state index contributed by atoms with van der Waals surface area (Å²) >= 11 is 0. The summed E-state index contributed by atoms with van der Waals surface area (Å²) in [5, 5.41) is 4.98. The number of benzene rings is 3. The normalized spacial score (nSPS) is 10.9. The van der Waals surface area contributed by atoms with Gasteiger partial charge in [-0.15, -0.1) is 0 Å². The molecular weight excluding hydrogens is 454 g/mol. The van der Waals surface area contributed by atoms with Gasteiger partial charge in [-0.3, -0.25) is 19.0 Å². The highest BCUT2D eigenvalue weighted by Crippen LogP contribution is 2.27. The van der Waals surface area contributed by atoms with E-state index in [9.17, 15) is 23.2 Å². The standard InChI is InChI=1S/C26H22F2N4O3/c1-3-22(33)29-19-12-11-15(2)13-16(19)24-26(35)32(21-10-5-4-9-20(21)30-24)14-23(34)31-25-17(27)7-6-8-18(25)28/h4-13H,3,14H2,1-2H3,(H,29,33)(H,31,34). The predicted molar refractivity (Wildman–Crippen MR) is 130 cm³/mol. The molecule has 178 valence electrons. The summed E-state index contributed by atoms with van der Waals surface area (Å²) in [4.78, 5) is 42.9. The second kappa shape index (κ2) is 9.84. The zero-order valence-electron chi connectivity index (χ0n) is 19.1. The van der Waals surface area contributed by atoms with Crippen LogP contribution in [0.4, 0.5) is 20.2 Å². The molecule has 0 saturated heterocycles. The topological polar surface area (TPSA) is 93.1 Å². The molecule has 1 heterocycles. The fourth-order valence-electron chi connectivity index (χ4n) is 3.67. The van der Waals surface area contributed by atoms with Gasteiger partial charge in [-0.1, -0.05) is 36.8 Å². The summed E-state index contributed by atoms with van der Waals surface area (Å²) in [6.07, 6.45) is 0.246. The van der Waals surface area contributed by atoms with Gasteiger partial charge in [0, 0.05) is 12.0 Å². The van der Waals surface area contributed by atoms with Crippen molar-refractivity contribution < 1.29 is 18.4 Å². The van der Waals surface area contributed by atoms with Crippen molar-refractivity contribution in [3.05, 3.63) is 88.2 Å². The summed E-state index contributed by atoms with van der Waals surface area (Å²) in [5.41, 5.74) is 1.30. The minimum atomic E-state index is -0.929. The molecule has 0 unspecified atom stereocenters. The summed E-state index contributed by atoms with van der Waals surface area (Å²) in [5.74, 6) is -2.88. The average Bonchev–Trinajstić information content (AvgIpc) is 2.84. The van der Waals surface area contributed by atoms with Crippen LogP contribution in [0.15, 0.2) is 65.5 Å². The summed E-state index contributed by atoms with van der Waals surface area (Å²) in [7, 11) is 0. The molecule has 1 aromatic heterocycles. The first-order chi connectivity index (χ1) is 16.8. The van der Waals surface area contributed by atoms with E-state index in [-0.39, 0.29) is 18.0 Å². The van der Waals surface area contributed by atoms with E-state index >= 15 is 0 Å². The molecule has 0 bridgehead atoms. The fourth-order valence-corrected chi connectivity index (χ4v) is 3.67. The van der Waals surface area contributed by atoms with E-state index in [0.29, 0.717) is 22.3 Å². The van der Waals surface area contributed by atoms with Crippen molar-refractivity contribution in [1.29, 1.82) is 0 Å². The molecule has 0 fully saturated rings. The van der Waals surface area contributed by atoms with E-state index in [1.165, 1.54) is 10.6 Å². The number of aryl methyl sites for hydroxylation is 1. The van der Waals surface area contributed by atoms with Gasteiger partial charge in [-0.25, -0.2) is 13.8 Å². The molecule has 2 N–H and O–H groups in total. The lowest BCUT2D eigenvalue weighted by Gasteiger charge is -2.15. The van der Waals surface area contributed by atoms with Crippen molar-refractivity contribution in [1.82, 2.24) is 9.55 Å². The third-order valence-corrected chi connectivity index (χ3v) is 5.41. The Bertz CT molecular complexity index is 1490. The Morgan fingerprint density at radius 3 is 2.37 bits per heavy atom. The first kappa shape index (κ1) is 23.7. The van der Waals surface area contributed by atoms with Crippen molar-refractivity contribution in [3.8, 4) is 11.3 Å². The molecule has 7 nitrogen and oxygen atoms in total.